The van der Waals surface area contributed by atoms with Gasteiger partial charge in [0.15, 0.2) is 0 Å². The predicted octanol–water partition coefficient (Wildman–Crippen LogP) is 1.49. The Morgan fingerprint density at radius 1 is 1.29 bits per heavy atom. The maximum absolute atomic E-state index is 5.28. The molecule has 2 aliphatic carbocycles. The monoisotopic (exact) mass is 238 g/mol. The van der Waals surface area contributed by atoms with Crippen LogP contribution in [0.5, 0.6) is 0 Å². The third-order valence-corrected chi connectivity index (χ3v) is 4.94. The van der Waals surface area contributed by atoms with Gasteiger partial charge in [0.2, 0.25) is 0 Å². The Morgan fingerprint density at radius 2 is 2.06 bits per heavy atom. The van der Waals surface area contributed by atoms with Crippen LogP contribution in [0.4, 0.5) is 0 Å². The van der Waals surface area contributed by atoms with E-state index in [2.05, 4.69) is 17.1 Å². The van der Waals surface area contributed by atoms with Crippen LogP contribution in [0, 0.1) is 11.8 Å². The summed E-state index contributed by atoms with van der Waals surface area (Å²) in [6.07, 6.45) is 5.73. The minimum absolute atomic E-state index is 0.374. The van der Waals surface area contributed by atoms with E-state index in [-0.39, 0.29) is 0 Å². The van der Waals surface area contributed by atoms with Gasteiger partial charge in [0.1, 0.15) is 0 Å². The lowest BCUT2D eigenvalue weighted by Gasteiger charge is -2.47. The van der Waals surface area contributed by atoms with Gasteiger partial charge < -0.3 is 10.1 Å². The zero-order chi connectivity index (χ0) is 11.9. The van der Waals surface area contributed by atoms with Crippen LogP contribution >= 0.6 is 0 Å². The number of nitrogens with zero attached hydrogens (tertiary/aromatic N) is 1. The van der Waals surface area contributed by atoms with Crippen LogP contribution in [0.15, 0.2) is 0 Å². The first-order valence-corrected chi connectivity index (χ1v) is 7.21. The molecule has 17 heavy (non-hydrogen) atoms. The Kier molecular flexibility index (Phi) is 3.18. The van der Waals surface area contributed by atoms with Crippen molar-refractivity contribution in [3.8, 4) is 0 Å². The fourth-order valence-electron chi connectivity index (χ4n) is 3.46. The smallest absolute Gasteiger partial charge is 0.0589 e. The van der Waals surface area contributed by atoms with Crippen LogP contribution in [0.3, 0.4) is 0 Å². The van der Waals surface area contributed by atoms with E-state index < -0.39 is 0 Å². The van der Waals surface area contributed by atoms with Gasteiger partial charge in [-0.1, -0.05) is 0 Å². The highest BCUT2D eigenvalue weighted by molar-refractivity contribution is 5.06. The summed E-state index contributed by atoms with van der Waals surface area (Å²) in [5.74, 6) is 1.89. The largest absolute Gasteiger partial charge is 0.383 e. The van der Waals surface area contributed by atoms with Gasteiger partial charge in [-0.3, -0.25) is 4.90 Å². The average molecular weight is 238 g/mol. The lowest BCUT2D eigenvalue weighted by molar-refractivity contribution is 0.0418. The van der Waals surface area contributed by atoms with Gasteiger partial charge in [0.25, 0.3) is 0 Å². The van der Waals surface area contributed by atoms with E-state index in [1.54, 1.807) is 0 Å². The van der Waals surface area contributed by atoms with Gasteiger partial charge >= 0.3 is 0 Å². The van der Waals surface area contributed by atoms with Crippen molar-refractivity contribution in [1.29, 1.82) is 0 Å². The van der Waals surface area contributed by atoms with Crippen LogP contribution in [0.1, 0.15) is 32.6 Å². The molecule has 0 aromatic rings. The Labute approximate surface area is 105 Å². The number of rotatable bonds is 5. The molecule has 3 aliphatic rings. The summed E-state index contributed by atoms with van der Waals surface area (Å²) in [5, 5.41) is 3.85. The summed E-state index contributed by atoms with van der Waals surface area (Å²) in [7, 11) is 1.81. The van der Waals surface area contributed by atoms with E-state index in [0.29, 0.717) is 5.54 Å². The molecule has 2 atom stereocenters. The summed E-state index contributed by atoms with van der Waals surface area (Å²) >= 11 is 0. The number of piperazine rings is 1. The molecule has 0 radical (unpaired) electrons. The van der Waals surface area contributed by atoms with E-state index in [1.807, 2.05) is 7.11 Å². The van der Waals surface area contributed by atoms with Crippen LogP contribution in [0.25, 0.3) is 0 Å². The van der Waals surface area contributed by atoms with Gasteiger partial charge in [-0.05, 0) is 44.4 Å². The second-order valence-corrected chi connectivity index (χ2v) is 6.44. The maximum atomic E-state index is 5.28. The van der Waals surface area contributed by atoms with Crippen molar-refractivity contribution in [3.63, 3.8) is 0 Å². The van der Waals surface area contributed by atoms with Gasteiger partial charge in [-0.25, -0.2) is 0 Å². The molecule has 1 N–H and O–H groups in total. The molecule has 0 bridgehead atoms. The molecule has 3 rings (SSSR count). The summed E-state index contributed by atoms with van der Waals surface area (Å²) < 4.78 is 5.28. The lowest BCUT2D eigenvalue weighted by atomic mass is 9.90. The van der Waals surface area contributed by atoms with Crippen LogP contribution in [-0.4, -0.2) is 49.8 Å². The van der Waals surface area contributed by atoms with Crippen molar-refractivity contribution in [3.05, 3.63) is 0 Å². The highest BCUT2D eigenvalue weighted by Crippen LogP contribution is 2.44. The first-order valence-electron chi connectivity index (χ1n) is 7.21. The molecule has 0 aromatic heterocycles. The van der Waals surface area contributed by atoms with E-state index in [0.717, 1.165) is 31.0 Å². The van der Waals surface area contributed by atoms with Gasteiger partial charge in [-0.2, -0.15) is 0 Å². The minimum atomic E-state index is 0.374. The molecule has 3 nitrogen and oxygen atoms in total. The molecule has 0 aromatic carbocycles. The highest BCUT2D eigenvalue weighted by Gasteiger charge is 2.48. The molecule has 1 aliphatic heterocycles. The molecule has 3 heteroatoms. The number of ether oxygens (including phenoxy) is 1. The fraction of sp³-hybridized carbons (Fsp3) is 1.00. The molecular formula is C14H26N2O. The van der Waals surface area contributed by atoms with Crippen LogP contribution in [0.2, 0.25) is 0 Å². The Hall–Kier alpha value is -0.120. The Morgan fingerprint density at radius 3 is 2.65 bits per heavy atom. The minimum Gasteiger partial charge on any atom is -0.383 e. The predicted molar refractivity (Wildman–Crippen MR) is 69.1 cm³/mol. The number of hydrogen-bond donors (Lipinski definition) is 1. The van der Waals surface area contributed by atoms with Gasteiger partial charge in [-0.15, -0.1) is 0 Å². The maximum Gasteiger partial charge on any atom is 0.0589 e. The zero-order valence-corrected chi connectivity index (χ0v) is 11.2. The van der Waals surface area contributed by atoms with E-state index in [4.69, 9.17) is 4.74 Å². The first-order chi connectivity index (χ1) is 8.23. The highest BCUT2D eigenvalue weighted by atomic mass is 16.5. The van der Waals surface area contributed by atoms with Crippen molar-refractivity contribution in [1.82, 2.24) is 10.2 Å². The van der Waals surface area contributed by atoms with Gasteiger partial charge in [0.05, 0.1) is 6.61 Å². The molecule has 3 fully saturated rings. The second-order valence-electron chi connectivity index (χ2n) is 6.44. The summed E-state index contributed by atoms with van der Waals surface area (Å²) in [6.45, 7) is 6.84. The lowest BCUT2D eigenvalue weighted by Crippen LogP contribution is -2.64. The SMILES string of the molecule is COCCN1CC(C)(C2CC2)NCC1C1CC1. The zero-order valence-electron chi connectivity index (χ0n) is 11.2. The van der Waals surface area contributed by atoms with E-state index >= 15 is 0 Å². The number of methoxy groups -OCH3 is 1. The van der Waals surface area contributed by atoms with Crippen molar-refractivity contribution in [2.24, 2.45) is 11.8 Å². The molecular weight excluding hydrogens is 212 g/mol. The molecule has 98 valence electrons. The molecule has 1 heterocycles. The summed E-state index contributed by atoms with van der Waals surface area (Å²) in [6, 6.07) is 0.775. The standard InChI is InChI=1S/C14H26N2O/c1-14(12-5-6-12)10-16(7-8-17-2)13(9-15-14)11-3-4-11/h11-13,15H,3-10H2,1-2H3. The topological polar surface area (TPSA) is 24.5 Å². The summed E-state index contributed by atoms with van der Waals surface area (Å²) in [4.78, 5) is 2.70. The van der Waals surface area contributed by atoms with E-state index in [1.165, 1.54) is 38.8 Å². The molecule has 0 amide bonds. The van der Waals surface area contributed by atoms with E-state index in [9.17, 15) is 0 Å². The Balaban J connectivity index is 1.64. The first kappa shape index (κ1) is 11.9. The normalized spacial score (nSPS) is 39.5. The average Bonchev–Trinajstić information content (AvgIpc) is 3.19. The van der Waals surface area contributed by atoms with Gasteiger partial charge in [0, 0.05) is 38.3 Å². The molecule has 2 unspecified atom stereocenters. The number of hydrogen-bond acceptors (Lipinski definition) is 3. The van der Waals surface area contributed by atoms with Crippen LogP contribution in [-0.2, 0) is 4.74 Å². The third-order valence-electron chi connectivity index (χ3n) is 4.94. The second kappa shape index (κ2) is 4.52. The Bertz CT molecular complexity index is 275. The summed E-state index contributed by atoms with van der Waals surface area (Å²) in [5.41, 5.74) is 0.374. The van der Waals surface area contributed by atoms with Crippen molar-refractivity contribution < 1.29 is 4.74 Å². The van der Waals surface area contributed by atoms with Crippen LogP contribution < -0.4 is 5.32 Å². The molecule has 1 saturated heterocycles. The van der Waals surface area contributed by atoms with Crippen molar-refractivity contribution in [2.45, 2.75) is 44.2 Å². The number of nitrogens with one attached hydrogen (secondary N) is 1. The third kappa shape index (κ3) is 2.51. The molecule has 0 spiro atoms. The molecule has 2 saturated carbocycles. The fourth-order valence-corrected chi connectivity index (χ4v) is 3.46. The quantitative estimate of drug-likeness (QED) is 0.785. The van der Waals surface area contributed by atoms with Crippen molar-refractivity contribution in [2.75, 3.05) is 33.4 Å². The van der Waals surface area contributed by atoms with Crippen molar-refractivity contribution >= 4 is 0 Å².